The summed E-state index contributed by atoms with van der Waals surface area (Å²) < 4.78 is 1.66. The number of rotatable bonds is 6. The first kappa shape index (κ1) is 21.2. The van der Waals surface area contributed by atoms with Gasteiger partial charge in [-0.1, -0.05) is 58.9 Å². The molecule has 0 saturated carbocycles. The number of carboxylic acid groups (broad SMARTS) is 1. The van der Waals surface area contributed by atoms with E-state index in [1.165, 1.54) is 16.9 Å². The van der Waals surface area contributed by atoms with Gasteiger partial charge in [-0.15, -0.1) is 11.3 Å². The molecule has 0 aliphatic carbocycles. The number of aliphatic carboxylic acids is 1. The molecule has 0 saturated heterocycles. The summed E-state index contributed by atoms with van der Waals surface area (Å²) in [5, 5.41) is 11.6. The average molecular weight is 413 g/mol. The van der Waals surface area contributed by atoms with Gasteiger partial charge in [-0.2, -0.15) is 0 Å². The minimum absolute atomic E-state index is 0.0345. The van der Waals surface area contributed by atoms with Crippen molar-refractivity contribution in [2.45, 2.75) is 65.3 Å². The van der Waals surface area contributed by atoms with Gasteiger partial charge in [-0.25, -0.2) is 4.98 Å². The number of aromatic nitrogens is 2. The highest BCUT2D eigenvalue weighted by Gasteiger charge is 2.19. The lowest BCUT2D eigenvalue weighted by molar-refractivity contribution is -0.137. The molecule has 0 unspecified atom stereocenters. The molecule has 29 heavy (non-hydrogen) atoms. The van der Waals surface area contributed by atoms with Crippen molar-refractivity contribution in [2.24, 2.45) is 0 Å². The number of nitrogens with zero attached hydrogens (tertiary/aromatic N) is 2. The molecule has 3 rings (SSSR count). The largest absolute Gasteiger partial charge is 0.481 e. The van der Waals surface area contributed by atoms with Crippen molar-refractivity contribution in [2.75, 3.05) is 0 Å². The highest BCUT2D eigenvalue weighted by atomic mass is 32.1. The van der Waals surface area contributed by atoms with E-state index >= 15 is 0 Å². The summed E-state index contributed by atoms with van der Waals surface area (Å²) in [6.07, 6.45) is 0.439. The zero-order valence-corrected chi connectivity index (χ0v) is 18.5. The molecule has 6 heteroatoms. The lowest BCUT2D eigenvalue weighted by Crippen LogP contribution is -2.26. The molecule has 154 valence electrons. The Kier molecular flexibility index (Phi) is 5.94. The highest BCUT2D eigenvalue weighted by molar-refractivity contribution is 7.17. The molecule has 0 radical (unpaired) electrons. The van der Waals surface area contributed by atoms with Crippen LogP contribution in [0.15, 0.2) is 34.4 Å². The van der Waals surface area contributed by atoms with Gasteiger partial charge < -0.3 is 5.11 Å². The summed E-state index contributed by atoms with van der Waals surface area (Å²) in [5.74, 6) is -0.0636. The Morgan fingerprint density at radius 3 is 2.41 bits per heavy atom. The quantitative estimate of drug-likeness (QED) is 0.587. The summed E-state index contributed by atoms with van der Waals surface area (Å²) in [6, 6.07) is 8.35. The topological polar surface area (TPSA) is 72.2 Å². The van der Waals surface area contributed by atoms with E-state index in [0.29, 0.717) is 24.2 Å². The smallest absolute Gasteiger partial charge is 0.303 e. The molecule has 1 aromatic carbocycles. The van der Waals surface area contributed by atoms with Gasteiger partial charge in [0.25, 0.3) is 5.56 Å². The molecular formula is C23H28N2O3S. The van der Waals surface area contributed by atoms with E-state index in [4.69, 9.17) is 10.1 Å². The first-order chi connectivity index (χ1) is 13.6. The van der Waals surface area contributed by atoms with Crippen LogP contribution in [0, 0.1) is 0 Å². The minimum Gasteiger partial charge on any atom is -0.481 e. The van der Waals surface area contributed by atoms with Gasteiger partial charge in [0.05, 0.1) is 5.39 Å². The Bertz CT molecular complexity index is 1090. The molecule has 1 N–H and O–H groups in total. The standard InChI is InChI=1S/C23H28N2O3S/c1-14(2)20-24-21-19(22(28)25(20)12-6-7-18(26)27)17(13-29-21)15-8-10-16(11-9-15)23(3,4)5/h8-11,13-14H,6-7,12H2,1-5H3,(H,26,27). The van der Waals surface area contributed by atoms with E-state index in [-0.39, 0.29) is 23.3 Å². The Labute approximate surface area is 175 Å². The molecule has 3 aromatic rings. The molecule has 5 nitrogen and oxygen atoms in total. The molecule has 0 bridgehead atoms. The molecule has 0 aliphatic heterocycles. The maximum absolute atomic E-state index is 13.4. The molecule has 0 fully saturated rings. The SMILES string of the molecule is CC(C)c1nc2scc(-c3ccc(C(C)(C)C)cc3)c2c(=O)n1CCCC(=O)O. The van der Waals surface area contributed by atoms with E-state index in [0.717, 1.165) is 16.0 Å². The predicted molar refractivity (Wildman–Crippen MR) is 119 cm³/mol. The zero-order valence-electron chi connectivity index (χ0n) is 17.7. The fourth-order valence-electron chi connectivity index (χ4n) is 3.45. The third-order valence-corrected chi connectivity index (χ3v) is 5.95. The van der Waals surface area contributed by atoms with Gasteiger partial charge in [-0.05, 0) is 23.0 Å². The van der Waals surface area contributed by atoms with Crippen LogP contribution in [0.1, 0.15) is 64.8 Å². The Hall–Kier alpha value is -2.47. The maximum atomic E-state index is 13.4. The van der Waals surface area contributed by atoms with Crippen molar-refractivity contribution in [3.63, 3.8) is 0 Å². The molecule has 0 amide bonds. The summed E-state index contributed by atoms with van der Waals surface area (Å²) in [6.45, 7) is 10.9. The van der Waals surface area contributed by atoms with Crippen LogP contribution in [-0.2, 0) is 16.8 Å². The zero-order chi connectivity index (χ0) is 21.3. The van der Waals surface area contributed by atoms with E-state index in [2.05, 4.69) is 45.0 Å². The van der Waals surface area contributed by atoms with Crippen molar-refractivity contribution < 1.29 is 9.90 Å². The van der Waals surface area contributed by atoms with Crippen LogP contribution in [0.5, 0.6) is 0 Å². The van der Waals surface area contributed by atoms with E-state index in [1.807, 2.05) is 19.2 Å². The Morgan fingerprint density at radius 2 is 1.86 bits per heavy atom. The van der Waals surface area contributed by atoms with Crippen LogP contribution >= 0.6 is 11.3 Å². The van der Waals surface area contributed by atoms with E-state index in [9.17, 15) is 9.59 Å². The molecule has 0 atom stereocenters. The lowest BCUT2D eigenvalue weighted by atomic mass is 9.86. The van der Waals surface area contributed by atoms with Crippen LogP contribution in [0.3, 0.4) is 0 Å². The molecule has 2 aromatic heterocycles. The van der Waals surface area contributed by atoms with Crippen molar-refractivity contribution in [3.8, 4) is 11.1 Å². The molecular weight excluding hydrogens is 384 g/mol. The van der Waals surface area contributed by atoms with Gasteiger partial charge in [0.1, 0.15) is 10.7 Å². The summed E-state index contributed by atoms with van der Waals surface area (Å²) in [4.78, 5) is 29.8. The number of benzene rings is 1. The Morgan fingerprint density at radius 1 is 1.21 bits per heavy atom. The summed E-state index contributed by atoms with van der Waals surface area (Å²) in [5.41, 5.74) is 3.12. The second-order valence-electron chi connectivity index (χ2n) is 8.74. The number of fused-ring (bicyclic) bond motifs is 1. The second-order valence-corrected chi connectivity index (χ2v) is 9.59. The molecule has 2 heterocycles. The number of thiophene rings is 1. The van der Waals surface area contributed by atoms with Crippen LogP contribution in [0.25, 0.3) is 21.3 Å². The first-order valence-corrected chi connectivity index (χ1v) is 10.8. The van der Waals surface area contributed by atoms with Crippen LogP contribution in [0.2, 0.25) is 0 Å². The van der Waals surface area contributed by atoms with Crippen LogP contribution in [-0.4, -0.2) is 20.6 Å². The van der Waals surface area contributed by atoms with Gasteiger partial charge in [0.2, 0.25) is 0 Å². The highest BCUT2D eigenvalue weighted by Crippen LogP contribution is 2.33. The van der Waals surface area contributed by atoms with Gasteiger partial charge >= 0.3 is 5.97 Å². The number of hydrogen-bond donors (Lipinski definition) is 1. The number of carbonyl (C=O) groups is 1. The third kappa shape index (κ3) is 4.42. The van der Waals surface area contributed by atoms with Gasteiger partial charge in [-0.3, -0.25) is 14.2 Å². The maximum Gasteiger partial charge on any atom is 0.303 e. The first-order valence-electron chi connectivity index (χ1n) is 9.94. The summed E-state index contributed by atoms with van der Waals surface area (Å²) >= 11 is 1.48. The normalized spacial score (nSPS) is 12.1. The van der Waals surface area contributed by atoms with Gasteiger partial charge in [0, 0.05) is 29.8 Å². The molecule has 0 aliphatic rings. The number of hydrogen-bond acceptors (Lipinski definition) is 4. The predicted octanol–water partition coefficient (Wildman–Crippen LogP) is 5.41. The number of carboxylic acids is 1. The monoisotopic (exact) mass is 412 g/mol. The van der Waals surface area contributed by atoms with E-state index in [1.54, 1.807) is 4.57 Å². The summed E-state index contributed by atoms with van der Waals surface area (Å²) in [7, 11) is 0. The fourth-order valence-corrected chi connectivity index (χ4v) is 4.39. The minimum atomic E-state index is -0.853. The fraction of sp³-hybridized carbons (Fsp3) is 0.435. The van der Waals surface area contributed by atoms with Crippen molar-refractivity contribution >= 4 is 27.5 Å². The average Bonchev–Trinajstić information content (AvgIpc) is 3.06. The van der Waals surface area contributed by atoms with Crippen LogP contribution < -0.4 is 5.56 Å². The molecule has 0 spiro atoms. The van der Waals surface area contributed by atoms with Crippen molar-refractivity contribution in [1.29, 1.82) is 0 Å². The second kappa shape index (κ2) is 8.11. The van der Waals surface area contributed by atoms with Crippen molar-refractivity contribution in [1.82, 2.24) is 9.55 Å². The van der Waals surface area contributed by atoms with Gasteiger partial charge in [0.15, 0.2) is 0 Å². The Balaban J connectivity index is 2.11. The van der Waals surface area contributed by atoms with E-state index < -0.39 is 5.97 Å². The van der Waals surface area contributed by atoms with Crippen molar-refractivity contribution in [3.05, 3.63) is 51.4 Å². The lowest BCUT2D eigenvalue weighted by Gasteiger charge is -2.19. The third-order valence-electron chi connectivity index (χ3n) is 5.07. The van der Waals surface area contributed by atoms with Crippen LogP contribution in [0.4, 0.5) is 0 Å².